The smallest absolute Gasteiger partial charge is 0.348 e. The average molecular weight is 407 g/mol. The molecule has 3 aromatic rings. The van der Waals surface area contributed by atoms with Crippen molar-refractivity contribution in [1.29, 1.82) is 0 Å². The molecular weight excluding hydrogens is 382 g/mol. The molecule has 156 valence electrons. The largest absolute Gasteiger partial charge is 0.494 e. The first-order chi connectivity index (χ1) is 14.6. The normalized spacial score (nSPS) is 14.7. The number of oxazole rings is 1. The van der Waals surface area contributed by atoms with Crippen LogP contribution in [0.3, 0.4) is 0 Å². The van der Waals surface area contributed by atoms with Crippen LogP contribution < -0.4 is 9.47 Å². The van der Waals surface area contributed by atoms with Gasteiger partial charge in [0.2, 0.25) is 11.5 Å². The molecule has 1 aromatic heterocycles. The van der Waals surface area contributed by atoms with E-state index in [1.807, 2.05) is 37.3 Å². The summed E-state index contributed by atoms with van der Waals surface area (Å²) in [5, 5.41) is 9.36. The highest BCUT2D eigenvalue weighted by Crippen LogP contribution is 2.37. The van der Waals surface area contributed by atoms with Crippen LogP contribution in [0.25, 0.3) is 11.5 Å². The first-order valence-corrected chi connectivity index (χ1v) is 10.2. The van der Waals surface area contributed by atoms with Crippen molar-refractivity contribution in [2.24, 2.45) is 0 Å². The number of ether oxygens (including phenoxy) is 2. The zero-order valence-corrected chi connectivity index (χ0v) is 17.0. The number of nitrogens with zero attached hydrogens (tertiary/aromatic N) is 1. The lowest BCUT2D eigenvalue weighted by Crippen LogP contribution is -2.50. The third kappa shape index (κ3) is 4.32. The van der Waals surface area contributed by atoms with Gasteiger partial charge in [0.15, 0.2) is 0 Å². The summed E-state index contributed by atoms with van der Waals surface area (Å²) in [7, 11) is 0. The second kappa shape index (κ2) is 8.61. The number of aromatic nitrogens is 1. The molecule has 1 fully saturated rings. The Labute approximate surface area is 175 Å². The van der Waals surface area contributed by atoms with Gasteiger partial charge in [0.1, 0.15) is 17.3 Å². The SMILES string of the molecule is Cc1oc(-c2ccccc2)nc1CCCOc1ccc(OC2(C(=O)O)CCC2)cc1. The van der Waals surface area contributed by atoms with E-state index in [1.54, 1.807) is 24.3 Å². The number of carboxylic acid groups (broad SMARTS) is 1. The van der Waals surface area contributed by atoms with Crippen LogP contribution in [0.1, 0.15) is 37.1 Å². The second-order valence-electron chi connectivity index (χ2n) is 7.57. The zero-order valence-electron chi connectivity index (χ0n) is 17.0. The van der Waals surface area contributed by atoms with Gasteiger partial charge >= 0.3 is 5.97 Å². The summed E-state index contributed by atoms with van der Waals surface area (Å²) in [5.41, 5.74) is 0.855. The fourth-order valence-electron chi connectivity index (χ4n) is 3.48. The summed E-state index contributed by atoms with van der Waals surface area (Å²) < 4.78 is 17.3. The molecule has 2 aromatic carbocycles. The van der Waals surface area contributed by atoms with E-state index < -0.39 is 11.6 Å². The van der Waals surface area contributed by atoms with Gasteiger partial charge in [0.05, 0.1) is 12.3 Å². The quantitative estimate of drug-likeness (QED) is 0.500. The van der Waals surface area contributed by atoms with E-state index in [0.717, 1.165) is 42.0 Å². The maximum Gasteiger partial charge on any atom is 0.348 e. The van der Waals surface area contributed by atoms with Crippen LogP contribution in [0.4, 0.5) is 0 Å². The Kier molecular flexibility index (Phi) is 5.74. The van der Waals surface area contributed by atoms with Crippen LogP contribution >= 0.6 is 0 Å². The van der Waals surface area contributed by atoms with Gasteiger partial charge in [0, 0.05) is 5.56 Å². The van der Waals surface area contributed by atoms with Crippen molar-refractivity contribution < 1.29 is 23.8 Å². The predicted molar refractivity (Wildman–Crippen MR) is 112 cm³/mol. The molecule has 0 bridgehead atoms. The molecule has 4 rings (SSSR count). The van der Waals surface area contributed by atoms with E-state index >= 15 is 0 Å². The highest BCUT2D eigenvalue weighted by molar-refractivity contribution is 5.79. The molecule has 1 N–H and O–H groups in total. The summed E-state index contributed by atoms with van der Waals surface area (Å²) >= 11 is 0. The third-order valence-electron chi connectivity index (χ3n) is 5.43. The van der Waals surface area contributed by atoms with E-state index in [4.69, 9.17) is 13.9 Å². The second-order valence-corrected chi connectivity index (χ2v) is 7.57. The molecule has 1 aliphatic carbocycles. The number of benzene rings is 2. The monoisotopic (exact) mass is 407 g/mol. The van der Waals surface area contributed by atoms with Gasteiger partial charge in [0.25, 0.3) is 0 Å². The van der Waals surface area contributed by atoms with Crippen molar-refractivity contribution >= 4 is 5.97 Å². The average Bonchev–Trinajstić information content (AvgIpc) is 3.10. The van der Waals surface area contributed by atoms with Crippen LogP contribution in [0.5, 0.6) is 11.5 Å². The summed E-state index contributed by atoms with van der Waals surface area (Å²) in [6, 6.07) is 17.0. The molecular formula is C24H25NO5. The fraction of sp³-hybridized carbons (Fsp3) is 0.333. The van der Waals surface area contributed by atoms with Gasteiger partial charge in [-0.15, -0.1) is 0 Å². The summed E-state index contributed by atoms with van der Waals surface area (Å²) in [6.45, 7) is 2.48. The number of aliphatic carboxylic acids is 1. The molecule has 0 saturated heterocycles. The lowest BCUT2D eigenvalue weighted by Gasteiger charge is -2.37. The Morgan fingerprint density at radius 1 is 1.10 bits per heavy atom. The molecule has 0 aliphatic heterocycles. The van der Waals surface area contributed by atoms with Crippen molar-refractivity contribution in [1.82, 2.24) is 4.98 Å². The highest BCUT2D eigenvalue weighted by Gasteiger charge is 2.47. The predicted octanol–water partition coefficient (Wildman–Crippen LogP) is 5.05. The van der Waals surface area contributed by atoms with Gasteiger partial charge in [-0.2, -0.15) is 0 Å². The first kappa shape index (κ1) is 20.0. The Morgan fingerprint density at radius 2 is 1.80 bits per heavy atom. The number of hydrogen-bond acceptors (Lipinski definition) is 5. The number of aryl methyl sites for hydroxylation is 2. The van der Waals surface area contributed by atoms with Crippen molar-refractivity contribution in [3.8, 4) is 23.0 Å². The van der Waals surface area contributed by atoms with Gasteiger partial charge in [-0.3, -0.25) is 0 Å². The molecule has 6 nitrogen and oxygen atoms in total. The Hall–Kier alpha value is -3.28. The van der Waals surface area contributed by atoms with E-state index in [2.05, 4.69) is 4.98 Å². The fourth-order valence-corrected chi connectivity index (χ4v) is 3.48. The van der Waals surface area contributed by atoms with Crippen LogP contribution in [0, 0.1) is 6.92 Å². The number of hydrogen-bond donors (Lipinski definition) is 1. The molecule has 30 heavy (non-hydrogen) atoms. The Morgan fingerprint density at radius 3 is 2.43 bits per heavy atom. The molecule has 0 amide bonds. The van der Waals surface area contributed by atoms with Gasteiger partial charge in [-0.1, -0.05) is 18.2 Å². The van der Waals surface area contributed by atoms with E-state index in [-0.39, 0.29) is 0 Å². The van der Waals surface area contributed by atoms with Gasteiger partial charge < -0.3 is 19.0 Å². The van der Waals surface area contributed by atoms with Crippen LogP contribution in [0.15, 0.2) is 59.0 Å². The summed E-state index contributed by atoms with van der Waals surface area (Å²) in [5.74, 6) is 1.86. The van der Waals surface area contributed by atoms with E-state index in [9.17, 15) is 9.90 Å². The molecule has 1 aliphatic rings. The highest BCUT2D eigenvalue weighted by atomic mass is 16.5. The van der Waals surface area contributed by atoms with Gasteiger partial charge in [-0.05, 0) is 75.4 Å². The lowest BCUT2D eigenvalue weighted by molar-refractivity contribution is -0.163. The third-order valence-corrected chi connectivity index (χ3v) is 5.43. The number of rotatable bonds is 9. The molecule has 1 heterocycles. The van der Waals surface area contributed by atoms with Crippen molar-refractivity contribution in [2.45, 2.75) is 44.6 Å². The first-order valence-electron chi connectivity index (χ1n) is 10.2. The minimum Gasteiger partial charge on any atom is -0.494 e. The number of carboxylic acids is 1. The molecule has 1 saturated carbocycles. The molecule has 0 radical (unpaired) electrons. The maximum atomic E-state index is 11.4. The number of carbonyl (C=O) groups is 1. The van der Waals surface area contributed by atoms with Crippen LogP contribution in [-0.4, -0.2) is 28.3 Å². The molecule has 0 unspecified atom stereocenters. The summed E-state index contributed by atoms with van der Waals surface area (Å²) in [6.07, 6.45) is 3.56. The molecule has 6 heteroatoms. The van der Waals surface area contributed by atoms with Crippen LogP contribution in [-0.2, 0) is 11.2 Å². The van der Waals surface area contributed by atoms with Gasteiger partial charge in [-0.25, -0.2) is 9.78 Å². The van der Waals surface area contributed by atoms with Crippen molar-refractivity contribution in [3.05, 3.63) is 66.1 Å². The van der Waals surface area contributed by atoms with E-state index in [0.29, 0.717) is 31.1 Å². The van der Waals surface area contributed by atoms with Crippen molar-refractivity contribution in [3.63, 3.8) is 0 Å². The topological polar surface area (TPSA) is 81.8 Å². The lowest BCUT2D eigenvalue weighted by atomic mass is 9.80. The zero-order chi connectivity index (χ0) is 21.0. The molecule has 0 atom stereocenters. The molecule has 0 spiro atoms. The minimum atomic E-state index is -1.06. The standard InChI is InChI=1S/C24H25NO5/c1-17-21(25-22(29-17)18-7-3-2-4-8-18)9-5-16-28-19-10-12-20(13-11-19)30-24(23(26)27)14-6-15-24/h2-4,7-8,10-13H,5-6,9,14-16H2,1H3,(H,26,27). The maximum absolute atomic E-state index is 11.4. The minimum absolute atomic E-state index is 0.548. The summed E-state index contributed by atoms with van der Waals surface area (Å²) in [4.78, 5) is 16.0. The van der Waals surface area contributed by atoms with E-state index in [1.165, 1.54) is 0 Å². The van der Waals surface area contributed by atoms with Crippen molar-refractivity contribution in [2.75, 3.05) is 6.61 Å². The Balaban J connectivity index is 1.26. The van der Waals surface area contributed by atoms with Crippen LogP contribution in [0.2, 0.25) is 0 Å². The Bertz CT molecular complexity index is 990.